The van der Waals surface area contributed by atoms with Crippen LogP contribution in [0.15, 0.2) is 24.3 Å². The van der Waals surface area contributed by atoms with Crippen LogP contribution in [0.2, 0.25) is 5.02 Å². The second kappa shape index (κ2) is 4.85. The first-order valence-corrected chi connectivity index (χ1v) is 5.79. The van der Waals surface area contributed by atoms with E-state index in [9.17, 15) is 9.90 Å². The topological polar surface area (TPSA) is 49.3 Å². The highest BCUT2D eigenvalue weighted by atomic mass is 35.5. The third-order valence-electron chi connectivity index (χ3n) is 2.91. The van der Waals surface area contributed by atoms with Crippen molar-refractivity contribution in [1.29, 1.82) is 0 Å². The number of anilines is 1. The first-order valence-electron chi connectivity index (χ1n) is 5.41. The Bertz CT molecular complexity index is 394. The maximum atomic E-state index is 11.8. The molecule has 16 heavy (non-hydrogen) atoms. The summed E-state index contributed by atoms with van der Waals surface area (Å²) in [7, 11) is 0. The molecule has 2 unspecified atom stereocenters. The van der Waals surface area contributed by atoms with Crippen molar-refractivity contribution in [3.05, 3.63) is 29.3 Å². The van der Waals surface area contributed by atoms with Gasteiger partial charge in [-0.25, -0.2) is 0 Å². The number of hydrogen-bond acceptors (Lipinski definition) is 2. The van der Waals surface area contributed by atoms with Crippen LogP contribution >= 0.6 is 11.6 Å². The van der Waals surface area contributed by atoms with E-state index in [0.29, 0.717) is 17.1 Å². The molecule has 4 heteroatoms. The Morgan fingerprint density at radius 2 is 2.25 bits per heavy atom. The summed E-state index contributed by atoms with van der Waals surface area (Å²) in [5, 5.41) is 13.0. The minimum absolute atomic E-state index is 0.118. The lowest BCUT2D eigenvalue weighted by Crippen LogP contribution is -2.28. The van der Waals surface area contributed by atoms with E-state index < -0.39 is 6.10 Å². The molecule has 0 bridgehead atoms. The molecule has 0 aromatic heterocycles. The zero-order valence-electron chi connectivity index (χ0n) is 8.82. The van der Waals surface area contributed by atoms with Gasteiger partial charge in [0.2, 0.25) is 5.91 Å². The quantitative estimate of drug-likeness (QED) is 0.833. The molecule has 1 amide bonds. The maximum absolute atomic E-state index is 11.8. The third-order valence-corrected chi connectivity index (χ3v) is 3.14. The van der Waals surface area contributed by atoms with Crippen molar-refractivity contribution in [2.45, 2.75) is 25.4 Å². The summed E-state index contributed by atoms with van der Waals surface area (Å²) >= 11 is 5.82. The summed E-state index contributed by atoms with van der Waals surface area (Å²) in [6.07, 6.45) is 1.88. The van der Waals surface area contributed by atoms with Crippen LogP contribution in [0.5, 0.6) is 0 Å². The fraction of sp³-hybridized carbons (Fsp3) is 0.417. The molecule has 0 radical (unpaired) electrons. The number of carbonyl (C=O) groups excluding carboxylic acids is 1. The van der Waals surface area contributed by atoms with Gasteiger partial charge in [0.1, 0.15) is 0 Å². The number of benzene rings is 1. The van der Waals surface area contributed by atoms with Gasteiger partial charge in [0.25, 0.3) is 0 Å². The van der Waals surface area contributed by atoms with E-state index >= 15 is 0 Å². The molecule has 2 rings (SSSR count). The molecule has 0 heterocycles. The molecule has 2 N–H and O–H groups in total. The van der Waals surface area contributed by atoms with Gasteiger partial charge in [0.05, 0.1) is 12.0 Å². The van der Waals surface area contributed by atoms with Crippen LogP contribution in [-0.2, 0) is 4.79 Å². The number of nitrogens with one attached hydrogen (secondary N) is 1. The lowest BCUT2D eigenvalue weighted by molar-refractivity contribution is -0.122. The van der Waals surface area contributed by atoms with E-state index in [0.717, 1.165) is 12.8 Å². The Kier molecular flexibility index (Phi) is 3.46. The second-order valence-electron chi connectivity index (χ2n) is 4.10. The van der Waals surface area contributed by atoms with Crippen LogP contribution in [0.1, 0.15) is 19.3 Å². The van der Waals surface area contributed by atoms with Gasteiger partial charge in [-0.05, 0) is 37.5 Å². The van der Waals surface area contributed by atoms with E-state index in [1.807, 2.05) is 0 Å². The normalized spacial score (nSPS) is 24.4. The van der Waals surface area contributed by atoms with Crippen LogP contribution in [0.3, 0.4) is 0 Å². The summed E-state index contributed by atoms with van der Waals surface area (Å²) in [6, 6.07) is 7.01. The van der Waals surface area contributed by atoms with Crippen molar-refractivity contribution < 1.29 is 9.90 Å². The molecule has 1 fully saturated rings. The summed E-state index contributed by atoms with van der Waals surface area (Å²) < 4.78 is 0. The van der Waals surface area contributed by atoms with Crippen molar-refractivity contribution >= 4 is 23.2 Å². The second-order valence-corrected chi connectivity index (χ2v) is 4.54. The average molecular weight is 240 g/mol. The van der Waals surface area contributed by atoms with Gasteiger partial charge in [0, 0.05) is 10.7 Å². The molecule has 0 saturated heterocycles. The molecule has 1 saturated carbocycles. The van der Waals surface area contributed by atoms with Gasteiger partial charge in [-0.2, -0.15) is 0 Å². The SMILES string of the molecule is O=C(Nc1cccc(Cl)c1)C1CCCC1O. The monoisotopic (exact) mass is 239 g/mol. The lowest BCUT2D eigenvalue weighted by atomic mass is 10.1. The highest BCUT2D eigenvalue weighted by Crippen LogP contribution is 2.27. The molecule has 1 aliphatic carbocycles. The average Bonchev–Trinajstić information content (AvgIpc) is 2.64. The molecule has 2 atom stereocenters. The van der Waals surface area contributed by atoms with E-state index in [4.69, 9.17) is 11.6 Å². The maximum Gasteiger partial charge on any atom is 0.230 e. The molecule has 1 aliphatic rings. The van der Waals surface area contributed by atoms with E-state index in [2.05, 4.69) is 5.32 Å². The highest BCUT2D eigenvalue weighted by Gasteiger charge is 2.31. The van der Waals surface area contributed by atoms with Crippen molar-refractivity contribution in [2.24, 2.45) is 5.92 Å². The Hall–Kier alpha value is -1.06. The van der Waals surface area contributed by atoms with Crippen LogP contribution in [0.25, 0.3) is 0 Å². The zero-order valence-corrected chi connectivity index (χ0v) is 9.57. The number of hydrogen-bond donors (Lipinski definition) is 2. The predicted octanol–water partition coefficient (Wildman–Crippen LogP) is 2.44. The van der Waals surface area contributed by atoms with Crippen molar-refractivity contribution in [2.75, 3.05) is 5.32 Å². The van der Waals surface area contributed by atoms with Gasteiger partial charge in [0.15, 0.2) is 0 Å². The summed E-state index contributed by atoms with van der Waals surface area (Å²) in [5.74, 6) is -0.397. The lowest BCUT2D eigenvalue weighted by Gasteiger charge is -2.14. The fourth-order valence-corrected chi connectivity index (χ4v) is 2.24. The molecule has 1 aromatic carbocycles. The first-order chi connectivity index (χ1) is 7.66. The summed E-state index contributed by atoms with van der Waals surface area (Å²) in [6.45, 7) is 0. The zero-order chi connectivity index (χ0) is 11.5. The number of rotatable bonds is 2. The number of halogens is 1. The number of amides is 1. The molecule has 1 aromatic rings. The smallest absolute Gasteiger partial charge is 0.230 e. The Morgan fingerprint density at radius 3 is 2.88 bits per heavy atom. The first kappa shape index (κ1) is 11.4. The van der Waals surface area contributed by atoms with E-state index in [1.54, 1.807) is 24.3 Å². The molecular formula is C12H14ClNO2. The fourth-order valence-electron chi connectivity index (χ4n) is 2.05. The van der Waals surface area contributed by atoms with Crippen molar-refractivity contribution in [3.63, 3.8) is 0 Å². The molecule has 3 nitrogen and oxygen atoms in total. The summed E-state index contributed by atoms with van der Waals surface area (Å²) in [4.78, 5) is 11.8. The largest absolute Gasteiger partial charge is 0.392 e. The minimum atomic E-state index is -0.501. The van der Waals surface area contributed by atoms with Crippen LogP contribution < -0.4 is 5.32 Å². The Labute approximate surface area is 99.4 Å². The minimum Gasteiger partial charge on any atom is -0.392 e. The van der Waals surface area contributed by atoms with Gasteiger partial charge < -0.3 is 10.4 Å². The van der Waals surface area contributed by atoms with Crippen LogP contribution in [0, 0.1) is 5.92 Å². The van der Waals surface area contributed by atoms with Gasteiger partial charge in [-0.15, -0.1) is 0 Å². The molecule has 0 aliphatic heterocycles. The van der Waals surface area contributed by atoms with E-state index in [1.165, 1.54) is 0 Å². The van der Waals surface area contributed by atoms with Gasteiger partial charge in [-0.3, -0.25) is 4.79 Å². The number of aliphatic hydroxyl groups is 1. The number of aliphatic hydroxyl groups excluding tert-OH is 1. The van der Waals surface area contributed by atoms with Crippen molar-refractivity contribution in [3.8, 4) is 0 Å². The van der Waals surface area contributed by atoms with E-state index in [-0.39, 0.29) is 11.8 Å². The Morgan fingerprint density at radius 1 is 1.44 bits per heavy atom. The van der Waals surface area contributed by atoms with Crippen LogP contribution in [0.4, 0.5) is 5.69 Å². The molecule has 86 valence electrons. The van der Waals surface area contributed by atoms with Gasteiger partial charge >= 0.3 is 0 Å². The summed E-state index contributed by atoms with van der Waals surface area (Å²) in [5.41, 5.74) is 0.677. The molecule has 0 spiro atoms. The highest BCUT2D eigenvalue weighted by molar-refractivity contribution is 6.30. The van der Waals surface area contributed by atoms with Crippen LogP contribution in [-0.4, -0.2) is 17.1 Å². The molecular weight excluding hydrogens is 226 g/mol. The standard InChI is InChI=1S/C12H14ClNO2/c13-8-3-1-4-9(7-8)14-12(16)10-5-2-6-11(10)15/h1,3-4,7,10-11,15H,2,5-6H2,(H,14,16). The number of carbonyl (C=O) groups is 1. The third kappa shape index (κ3) is 2.54. The van der Waals surface area contributed by atoms with Gasteiger partial charge in [-0.1, -0.05) is 17.7 Å². The van der Waals surface area contributed by atoms with Crippen molar-refractivity contribution in [1.82, 2.24) is 0 Å². The predicted molar refractivity (Wildman–Crippen MR) is 63.4 cm³/mol. The Balaban J connectivity index is 2.02.